The number of rotatable bonds is 3. The fraction of sp³-hybridized carbons (Fsp3) is 0.533. The Morgan fingerprint density at radius 1 is 1.33 bits per heavy atom. The molecule has 0 spiro atoms. The summed E-state index contributed by atoms with van der Waals surface area (Å²) < 4.78 is 5.31. The predicted molar refractivity (Wildman–Crippen MR) is 69.1 cm³/mol. The maximum absolute atomic E-state index is 10.9. The lowest BCUT2D eigenvalue weighted by atomic mass is 9.69. The van der Waals surface area contributed by atoms with Gasteiger partial charge in [-0.1, -0.05) is 31.0 Å². The molecule has 18 heavy (non-hydrogen) atoms. The van der Waals surface area contributed by atoms with Gasteiger partial charge in [0.2, 0.25) is 0 Å². The summed E-state index contributed by atoms with van der Waals surface area (Å²) in [6, 6.07) is 9.76. The van der Waals surface area contributed by atoms with E-state index < -0.39 is 11.0 Å². The monoisotopic (exact) mass is 245 g/mol. The van der Waals surface area contributed by atoms with E-state index >= 15 is 0 Å². The maximum atomic E-state index is 10.9. The van der Waals surface area contributed by atoms with E-state index in [0.29, 0.717) is 11.3 Å². The van der Waals surface area contributed by atoms with Crippen molar-refractivity contribution in [3.05, 3.63) is 29.8 Å². The number of methoxy groups -OCH3 is 1. The molecule has 3 nitrogen and oxygen atoms in total. The number of para-hydroxylation sites is 1. The summed E-state index contributed by atoms with van der Waals surface area (Å²) in [4.78, 5) is 0. The molecular formula is C15H19NO2. The lowest BCUT2D eigenvalue weighted by Gasteiger charge is -2.38. The first-order valence-corrected chi connectivity index (χ1v) is 6.34. The van der Waals surface area contributed by atoms with E-state index in [1.54, 1.807) is 14.0 Å². The van der Waals surface area contributed by atoms with E-state index in [4.69, 9.17) is 4.74 Å². The highest BCUT2D eigenvalue weighted by molar-refractivity contribution is 5.40. The van der Waals surface area contributed by atoms with E-state index in [1.807, 2.05) is 24.3 Å². The highest BCUT2D eigenvalue weighted by Gasteiger charge is 2.51. The summed E-state index contributed by atoms with van der Waals surface area (Å²) in [7, 11) is 1.59. The number of hydrogen-bond donors (Lipinski definition) is 1. The molecule has 2 rings (SSSR count). The van der Waals surface area contributed by atoms with Gasteiger partial charge in [0, 0.05) is 5.56 Å². The van der Waals surface area contributed by atoms with Crippen LogP contribution >= 0.6 is 0 Å². The molecule has 0 aromatic heterocycles. The minimum Gasteiger partial charge on any atom is -0.496 e. The summed E-state index contributed by atoms with van der Waals surface area (Å²) in [5.41, 5.74) is -1.16. The van der Waals surface area contributed by atoms with Crippen LogP contribution in [0.1, 0.15) is 38.2 Å². The zero-order valence-corrected chi connectivity index (χ0v) is 10.9. The van der Waals surface area contributed by atoms with Crippen LogP contribution in [-0.4, -0.2) is 12.2 Å². The average molecular weight is 245 g/mol. The van der Waals surface area contributed by atoms with Crippen molar-refractivity contribution in [1.82, 2.24) is 0 Å². The molecular weight excluding hydrogens is 226 g/mol. The third-order valence-electron chi connectivity index (χ3n) is 4.23. The van der Waals surface area contributed by atoms with Gasteiger partial charge >= 0.3 is 0 Å². The van der Waals surface area contributed by atoms with Gasteiger partial charge in [0.15, 0.2) is 0 Å². The van der Waals surface area contributed by atoms with Crippen LogP contribution in [0.4, 0.5) is 0 Å². The Morgan fingerprint density at radius 3 is 2.50 bits per heavy atom. The number of nitrogens with zero attached hydrogens (tertiary/aromatic N) is 1. The first kappa shape index (κ1) is 12.9. The van der Waals surface area contributed by atoms with Crippen molar-refractivity contribution in [3.8, 4) is 11.8 Å². The van der Waals surface area contributed by atoms with Gasteiger partial charge in [-0.25, -0.2) is 0 Å². The second kappa shape index (κ2) is 4.62. The van der Waals surface area contributed by atoms with Gasteiger partial charge in [-0.05, 0) is 25.8 Å². The summed E-state index contributed by atoms with van der Waals surface area (Å²) >= 11 is 0. The number of aliphatic hydroxyl groups is 1. The summed E-state index contributed by atoms with van der Waals surface area (Å²) in [5, 5.41) is 20.5. The zero-order chi connectivity index (χ0) is 13.2. The quantitative estimate of drug-likeness (QED) is 0.890. The largest absolute Gasteiger partial charge is 0.496 e. The smallest absolute Gasteiger partial charge is 0.124 e. The zero-order valence-electron chi connectivity index (χ0n) is 10.9. The number of hydrogen-bond acceptors (Lipinski definition) is 3. The van der Waals surface area contributed by atoms with Gasteiger partial charge in [0.1, 0.15) is 11.4 Å². The molecule has 0 aliphatic heterocycles. The standard InChI is InChI=1S/C15H19NO2/c1-14(17,15(11-16)9-5-6-10-15)12-7-3-4-8-13(12)18-2/h3-4,7-8,17H,5-6,9-10H2,1-2H3. The average Bonchev–Trinajstić information content (AvgIpc) is 2.89. The summed E-state index contributed by atoms with van der Waals surface area (Å²) in [6.07, 6.45) is 3.49. The van der Waals surface area contributed by atoms with Crippen LogP contribution in [0, 0.1) is 16.7 Å². The lowest BCUT2D eigenvalue weighted by Crippen LogP contribution is -2.41. The molecule has 1 aromatic carbocycles. The topological polar surface area (TPSA) is 53.2 Å². The number of ether oxygens (including phenoxy) is 1. The molecule has 3 heteroatoms. The van der Waals surface area contributed by atoms with Crippen LogP contribution in [0.3, 0.4) is 0 Å². The SMILES string of the molecule is COc1ccccc1C(C)(O)C1(C#N)CCCC1. The minimum atomic E-state index is -1.18. The molecule has 1 aliphatic carbocycles. The van der Waals surface area contributed by atoms with E-state index in [0.717, 1.165) is 25.7 Å². The van der Waals surface area contributed by atoms with Gasteiger partial charge in [-0.15, -0.1) is 0 Å². The molecule has 1 unspecified atom stereocenters. The molecule has 1 saturated carbocycles. The minimum absolute atomic E-state index is 0.643. The Morgan fingerprint density at radius 2 is 1.94 bits per heavy atom. The molecule has 96 valence electrons. The number of benzene rings is 1. The van der Waals surface area contributed by atoms with E-state index in [1.165, 1.54) is 0 Å². The predicted octanol–water partition coefficient (Wildman–Crippen LogP) is 2.99. The first-order valence-electron chi connectivity index (χ1n) is 6.34. The van der Waals surface area contributed by atoms with Crippen LogP contribution in [-0.2, 0) is 5.60 Å². The van der Waals surface area contributed by atoms with Crippen molar-refractivity contribution in [2.75, 3.05) is 7.11 Å². The van der Waals surface area contributed by atoms with Crippen molar-refractivity contribution in [2.45, 2.75) is 38.2 Å². The van der Waals surface area contributed by atoms with E-state index in [-0.39, 0.29) is 0 Å². The Hall–Kier alpha value is -1.53. The molecule has 0 radical (unpaired) electrons. The Labute approximate surface area is 108 Å². The van der Waals surface area contributed by atoms with E-state index in [2.05, 4.69) is 6.07 Å². The molecule has 1 aromatic rings. The van der Waals surface area contributed by atoms with Crippen molar-refractivity contribution in [3.63, 3.8) is 0 Å². The third kappa shape index (κ3) is 1.77. The first-order chi connectivity index (χ1) is 8.57. The van der Waals surface area contributed by atoms with Crippen LogP contribution in [0.2, 0.25) is 0 Å². The third-order valence-corrected chi connectivity index (χ3v) is 4.23. The normalized spacial score (nSPS) is 21.0. The van der Waals surface area contributed by atoms with Crippen LogP contribution in [0.25, 0.3) is 0 Å². The second-order valence-electron chi connectivity index (χ2n) is 5.17. The maximum Gasteiger partial charge on any atom is 0.124 e. The van der Waals surface area contributed by atoms with Crippen LogP contribution in [0.5, 0.6) is 5.75 Å². The Bertz CT molecular complexity index is 468. The molecule has 1 atom stereocenters. The fourth-order valence-electron chi connectivity index (χ4n) is 2.99. The molecule has 0 saturated heterocycles. The van der Waals surface area contributed by atoms with Gasteiger partial charge in [-0.3, -0.25) is 0 Å². The van der Waals surface area contributed by atoms with Gasteiger partial charge in [0.25, 0.3) is 0 Å². The highest BCUT2D eigenvalue weighted by atomic mass is 16.5. The van der Waals surface area contributed by atoms with Crippen molar-refractivity contribution in [2.24, 2.45) is 5.41 Å². The van der Waals surface area contributed by atoms with Crippen LogP contribution < -0.4 is 4.74 Å². The molecule has 1 N–H and O–H groups in total. The summed E-state index contributed by atoms with van der Waals surface area (Å²) in [5.74, 6) is 0.643. The molecule has 0 heterocycles. The van der Waals surface area contributed by atoms with Crippen molar-refractivity contribution < 1.29 is 9.84 Å². The van der Waals surface area contributed by atoms with Gasteiger partial charge in [0.05, 0.1) is 18.6 Å². The molecule has 1 aliphatic rings. The Balaban J connectivity index is 2.50. The second-order valence-corrected chi connectivity index (χ2v) is 5.17. The van der Waals surface area contributed by atoms with Crippen molar-refractivity contribution in [1.29, 1.82) is 5.26 Å². The Kier molecular flexibility index (Phi) is 3.32. The molecule has 0 bridgehead atoms. The van der Waals surface area contributed by atoms with Crippen LogP contribution in [0.15, 0.2) is 24.3 Å². The van der Waals surface area contributed by atoms with Gasteiger partial charge in [-0.2, -0.15) is 5.26 Å². The fourth-order valence-corrected chi connectivity index (χ4v) is 2.99. The summed E-state index contributed by atoms with van der Waals surface area (Å²) in [6.45, 7) is 1.74. The highest BCUT2D eigenvalue weighted by Crippen LogP contribution is 2.52. The molecule has 0 amide bonds. The number of nitriles is 1. The van der Waals surface area contributed by atoms with Crippen molar-refractivity contribution >= 4 is 0 Å². The van der Waals surface area contributed by atoms with Gasteiger partial charge < -0.3 is 9.84 Å². The lowest BCUT2D eigenvalue weighted by molar-refractivity contribution is -0.0438. The van der Waals surface area contributed by atoms with E-state index in [9.17, 15) is 10.4 Å². The molecule has 1 fully saturated rings.